The summed E-state index contributed by atoms with van der Waals surface area (Å²) < 4.78 is 0. The van der Waals surface area contributed by atoms with Crippen LogP contribution in [0.2, 0.25) is 0 Å². The first-order chi connectivity index (χ1) is 16.1. The second-order valence-corrected chi connectivity index (χ2v) is 8.70. The second-order valence-electron chi connectivity index (χ2n) is 8.70. The molecule has 2 heterocycles. The minimum absolute atomic E-state index is 0.00500. The highest BCUT2D eigenvalue weighted by molar-refractivity contribution is 5.99. The van der Waals surface area contributed by atoms with Crippen molar-refractivity contribution in [2.75, 3.05) is 32.7 Å². The first-order valence-corrected chi connectivity index (χ1v) is 11.5. The molecule has 3 amide bonds. The minimum atomic E-state index is -0.416. The lowest BCUT2D eigenvalue weighted by molar-refractivity contribution is -0.136. The quantitative estimate of drug-likeness (QED) is 0.626. The summed E-state index contributed by atoms with van der Waals surface area (Å²) in [6.45, 7) is 2.57. The molecule has 0 aliphatic carbocycles. The SMILES string of the molecule is O=C(c1ccc2ccccc2c1)N1CCN(C(=O)C2CCCN2C(=O)c2ccccc2)CC1. The van der Waals surface area contributed by atoms with Gasteiger partial charge in [-0.05, 0) is 47.9 Å². The Morgan fingerprint density at radius 1 is 0.636 bits per heavy atom. The van der Waals surface area contributed by atoms with E-state index in [0.717, 1.165) is 17.2 Å². The van der Waals surface area contributed by atoms with E-state index in [-0.39, 0.29) is 17.7 Å². The van der Waals surface area contributed by atoms with E-state index in [2.05, 4.69) is 0 Å². The van der Waals surface area contributed by atoms with Crippen molar-refractivity contribution in [1.82, 2.24) is 14.7 Å². The number of hydrogen-bond donors (Lipinski definition) is 0. The topological polar surface area (TPSA) is 60.9 Å². The van der Waals surface area contributed by atoms with Crippen LogP contribution in [0.1, 0.15) is 33.6 Å². The van der Waals surface area contributed by atoms with E-state index in [1.54, 1.807) is 17.0 Å². The second kappa shape index (κ2) is 9.06. The van der Waals surface area contributed by atoms with Crippen molar-refractivity contribution >= 4 is 28.5 Å². The molecule has 33 heavy (non-hydrogen) atoms. The molecule has 0 bridgehead atoms. The van der Waals surface area contributed by atoms with Gasteiger partial charge < -0.3 is 14.7 Å². The molecule has 6 nitrogen and oxygen atoms in total. The van der Waals surface area contributed by atoms with Gasteiger partial charge >= 0.3 is 0 Å². The van der Waals surface area contributed by atoms with Crippen LogP contribution in [0.15, 0.2) is 72.8 Å². The van der Waals surface area contributed by atoms with Crippen LogP contribution >= 0.6 is 0 Å². The Morgan fingerprint density at radius 3 is 2.06 bits per heavy atom. The van der Waals surface area contributed by atoms with Gasteiger partial charge in [0.1, 0.15) is 6.04 Å². The Hall–Kier alpha value is -3.67. The van der Waals surface area contributed by atoms with Gasteiger partial charge in [-0.25, -0.2) is 0 Å². The van der Waals surface area contributed by atoms with Crippen molar-refractivity contribution in [3.63, 3.8) is 0 Å². The predicted octanol–water partition coefficient (Wildman–Crippen LogP) is 3.43. The number of piperazine rings is 1. The van der Waals surface area contributed by atoms with Crippen LogP contribution in [0.3, 0.4) is 0 Å². The molecule has 1 unspecified atom stereocenters. The molecule has 168 valence electrons. The molecule has 2 fully saturated rings. The Kier molecular flexibility index (Phi) is 5.82. The summed E-state index contributed by atoms with van der Waals surface area (Å²) in [6, 6.07) is 22.5. The van der Waals surface area contributed by atoms with Gasteiger partial charge in [0.2, 0.25) is 5.91 Å². The van der Waals surface area contributed by atoms with Crippen molar-refractivity contribution in [3.8, 4) is 0 Å². The lowest BCUT2D eigenvalue weighted by atomic mass is 10.1. The van der Waals surface area contributed by atoms with Crippen molar-refractivity contribution in [2.24, 2.45) is 0 Å². The molecule has 0 spiro atoms. The smallest absolute Gasteiger partial charge is 0.254 e. The molecular formula is C27H27N3O3. The van der Waals surface area contributed by atoms with Gasteiger partial charge in [0.15, 0.2) is 0 Å². The molecular weight excluding hydrogens is 414 g/mol. The lowest BCUT2D eigenvalue weighted by Gasteiger charge is -2.37. The van der Waals surface area contributed by atoms with E-state index in [1.165, 1.54) is 0 Å². The molecule has 0 saturated carbocycles. The van der Waals surface area contributed by atoms with Crippen LogP contribution in [0, 0.1) is 0 Å². The van der Waals surface area contributed by atoms with E-state index in [0.29, 0.717) is 50.3 Å². The van der Waals surface area contributed by atoms with Crippen molar-refractivity contribution in [1.29, 1.82) is 0 Å². The van der Waals surface area contributed by atoms with E-state index in [9.17, 15) is 14.4 Å². The average molecular weight is 442 g/mol. The summed E-state index contributed by atoms with van der Waals surface area (Å²) in [7, 11) is 0. The van der Waals surface area contributed by atoms with E-state index in [4.69, 9.17) is 0 Å². The molecule has 1 atom stereocenters. The number of carbonyl (C=O) groups excluding carboxylic acids is 3. The predicted molar refractivity (Wildman–Crippen MR) is 127 cm³/mol. The van der Waals surface area contributed by atoms with Crippen LogP contribution in [0.4, 0.5) is 0 Å². The van der Waals surface area contributed by atoms with Gasteiger partial charge in [-0.3, -0.25) is 14.4 Å². The maximum atomic E-state index is 13.3. The van der Waals surface area contributed by atoms with Crippen LogP contribution in [0.5, 0.6) is 0 Å². The number of fused-ring (bicyclic) bond motifs is 1. The fraction of sp³-hybridized carbons (Fsp3) is 0.296. The first-order valence-electron chi connectivity index (χ1n) is 11.5. The zero-order valence-corrected chi connectivity index (χ0v) is 18.5. The minimum Gasteiger partial charge on any atom is -0.337 e. The fourth-order valence-corrected chi connectivity index (χ4v) is 4.86. The Bertz CT molecular complexity index is 1190. The summed E-state index contributed by atoms with van der Waals surface area (Å²) in [5.41, 5.74) is 1.28. The van der Waals surface area contributed by atoms with Gasteiger partial charge in [-0.2, -0.15) is 0 Å². The molecule has 5 rings (SSSR count). The van der Waals surface area contributed by atoms with Crippen molar-refractivity contribution in [3.05, 3.63) is 83.9 Å². The van der Waals surface area contributed by atoms with E-state index < -0.39 is 6.04 Å². The first kappa shape index (κ1) is 21.2. The zero-order valence-electron chi connectivity index (χ0n) is 18.5. The Morgan fingerprint density at radius 2 is 1.30 bits per heavy atom. The van der Waals surface area contributed by atoms with E-state index >= 15 is 0 Å². The Labute approximate surface area is 193 Å². The molecule has 3 aromatic carbocycles. The van der Waals surface area contributed by atoms with Crippen molar-refractivity contribution < 1.29 is 14.4 Å². The summed E-state index contributed by atoms with van der Waals surface area (Å²) in [5, 5.41) is 2.15. The number of carbonyl (C=O) groups is 3. The number of nitrogens with zero attached hydrogens (tertiary/aromatic N) is 3. The average Bonchev–Trinajstić information content (AvgIpc) is 3.37. The number of rotatable bonds is 3. The Balaban J connectivity index is 1.22. The van der Waals surface area contributed by atoms with E-state index in [1.807, 2.05) is 70.5 Å². The third-order valence-corrected chi connectivity index (χ3v) is 6.69. The molecule has 6 heteroatoms. The molecule has 0 radical (unpaired) electrons. The standard InChI is InChI=1S/C27H27N3O3/c31-25(23-13-12-20-7-4-5-10-22(20)19-23)28-15-17-29(18-16-28)27(33)24-11-6-14-30(24)26(32)21-8-2-1-3-9-21/h1-5,7-10,12-13,19,24H,6,11,14-18H2. The molecule has 2 aliphatic rings. The zero-order chi connectivity index (χ0) is 22.8. The monoisotopic (exact) mass is 441 g/mol. The fourth-order valence-electron chi connectivity index (χ4n) is 4.86. The maximum Gasteiger partial charge on any atom is 0.254 e. The summed E-state index contributed by atoms with van der Waals surface area (Å²) >= 11 is 0. The number of hydrogen-bond acceptors (Lipinski definition) is 3. The van der Waals surface area contributed by atoms with Crippen LogP contribution in [-0.4, -0.2) is 71.2 Å². The number of benzene rings is 3. The molecule has 2 aliphatic heterocycles. The molecule has 3 aromatic rings. The van der Waals surface area contributed by atoms with Gasteiger partial charge in [-0.15, -0.1) is 0 Å². The highest BCUT2D eigenvalue weighted by atomic mass is 16.2. The van der Waals surface area contributed by atoms with Crippen molar-refractivity contribution in [2.45, 2.75) is 18.9 Å². The van der Waals surface area contributed by atoms with Gasteiger partial charge in [0, 0.05) is 43.9 Å². The largest absolute Gasteiger partial charge is 0.337 e. The van der Waals surface area contributed by atoms with Crippen LogP contribution in [0.25, 0.3) is 10.8 Å². The van der Waals surface area contributed by atoms with Gasteiger partial charge in [-0.1, -0.05) is 48.5 Å². The number of likely N-dealkylation sites (tertiary alicyclic amines) is 1. The molecule has 0 N–H and O–H groups in total. The summed E-state index contributed by atoms with van der Waals surface area (Å²) in [6.07, 6.45) is 1.52. The summed E-state index contributed by atoms with van der Waals surface area (Å²) in [5.74, 6) is -0.0965. The third kappa shape index (κ3) is 4.21. The number of amides is 3. The van der Waals surface area contributed by atoms with Crippen LogP contribution < -0.4 is 0 Å². The highest BCUT2D eigenvalue weighted by Crippen LogP contribution is 2.23. The highest BCUT2D eigenvalue weighted by Gasteiger charge is 2.38. The molecule has 0 aromatic heterocycles. The molecule has 2 saturated heterocycles. The van der Waals surface area contributed by atoms with Gasteiger partial charge in [0.25, 0.3) is 11.8 Å². The normalized spacial score (nSPS) is 18.5. The third-order valence-electron chi connectivity index (χ3n) is 6.69. The van der Waals surface area contributed by atoms with Gasteiger partial charge in [0.05, 0.1) is 0 Å². The van der Waals surface area contributed by atoms with Crippen LogP contribution in [-0.2, 0) is 4.79 Å². The maximum absolute atomic E-state index is 13.3. The summed E-state index contributed by atoms with van der Waals surface area (Å²) in [4.78, 5) is 44.6. The lowest BCUT2D eigenvalue weighted by Crippen LogP contribution is -2.55.